The SMILES string of the molecule is CN(CC(N)=O)c1ccnc2ccsc12. The van der Waals surface area contributed by atoms with Crippen LogP contribution in [0.4, 0.5) is 5.69 Å². The Labute approximate surface area is 91.3 Å². The predicted molar refractivity (Wildman–Crippen MR) is 62.1 cm³/mol. The van der Waals surface area contributed by atoms with Crippen molar-refractivity contribution in [2.24, 2.45) is 5.73 Å². The molecule has 4 nitrogen and oxygen atoms in total. The number of aromatic nitrogens is 1. The molecular formula is C10H11N3OS. The molecule has 0 radical (unpaired) electrons. The quantitative estimate of drug-likeness (QED) is 0.847. The Hall–Kier alpha value is -1.62. The lowest BCUT2D eigenvalue weighted by atomic mass is 10.3. The van der Waals surface area contributed by atoms with Crippen LogP contribution in [0.3, 0.4) is 0 Å². The highest BCUT2D eigenvalue weighted by molar-refractivity contribution is 7.17. The molecule has 78 valence electrons. The molecule has 1 amide bonds. The topological polar surface area (TPSA) is 59.2 Å². The molecule has 2 heterocycles. The summed E-state index contributed by atoms with van der Waals surface area (Å²) in [5, 5.41) is 1.99. The average Bonchev–Trinajstić information content (AvgIpc) is 2.63. The van der Waals surface area contributed by atoms with Crippen molar-refractivity contribution in [3.05, 3.63) is 23.7 Å². The number of hydrogen-bond acceptors (Lipinski definition) is 4. The number of likely N-dealkylation sites (N-methyl/N-ethyl adjacent to an activating group) is 1. The summed E-state index contributed by atoms with van der Waals surface area (Å²) < 4.78 is 1.08. The van der Waals surface area contributed by atoms with Crippen molar-refractivity contribution in [3.63, 3.8) is 0 Å². The van der Waals surface area contributed by atoms with Crippen LogP contribution in [0.5, 0.6) is 0 Å². The summed E-state index contributed by atoms with van der Waals surface area (Å²) >= 11 is 1.61. The Morgan fingerprint density at radius 2 is 2.40 bits per heavy atom. The Kier molecular flexibility index (Phi) is 2.55. The molecule has 0 unspecified atom stereocenters. The van der Waals surface area contributed by atoms with Crippen LogP contribution in [0.15, 0.2) is 23.7 Å². The standard InChI is InChI=1S/C10H11N3OS/c1-13(6-9(11)14)8-2-4-12-7-3-5-15-10(7)8/h2-5H,6H2,1H3,(H2,11,14). The molecule has 2 aromatic heterocycles. The van der Waals surface area contributed by atoms with Gasteiger partial charge in [-0.3, -0.25) is 9.78 Å². The molecule has 0 aliphatic heterocycles. The Morgan fingerprint density at radius 1 is 1.60 bits per heavy atom. The molecule has 0 aliphatic rings. The Balaban J connectivity index is 2.42. The van der Waals surface area contributed by atoms with Crippen LogP contribution in [0.1, 0.15) is 0 Å². The van der Waals surface area contributed by atoms with E-state index in [4.69, 9.17) is 5.73 Å². The summed E-state index contributed by atoms with van der Waals surface area (Å²) in [4.78, 5) is 16.9. The van der Waals surface area contributed by atoms with Crippen molar-refractivity contribution in [1.82, 2.24) is 4.98 Å². The molecule has 2 rings (SSSR count). The maximum absolute atomic E-state index is 10.8. The predicted octanol–water partition coefficient (Wildman–Crippen LogP) is 1.22. The van der Waals surface area contributed by atoms with Crippen LogP contribution in [0.2, 0.25) is 0 Å². The summed E-state index contributed by atoms with van der Waals surface area (Å²) in [7, 11) is 1.85. The smallest absolute Gasteiger partial charge is 0.236 e. The van der Waals surface area contributed by atoms with E-state index in [1.807, 2.05) is 29.5 Å². The molecule has 5 heteroatoms. The summed E-state index contributed by atoms with van der Waals surface area (Å²) in [5.74, 6) is -0.334. The maximum Gasteiger partial charge on any atom is 0.236 e. The fourth-order valence-corrected chi connectivity index (χ4v) is 2.40. The first-order valence-electron chi connectivity index (χ1n) is 4.50. The zero-order valence-corrected chi connectivity index (χ0v) is 9.12. The number of carbonyl (C=O) groups excluding carboxylic acids is 1. The van der Waals surface area contributed by atoms with Gasteiger partial charge in [-0.2, -0.15) is 0 Å². The fraction of sp³-hybridized carbons (Fsp3) is 0.200. The number of carbonyl (C=O) groups is 1. The van der Waals surface area contributed by atoms with Crippen LogP contribution in [-0.4, -0.2) is 24.5 Å². The number of rotatable bonds is 3. The van der Waals surface area contributed by atoms with E-state index in [0.717, 1.165) is 15.9 Å². The van der Waals surface area contributed by atoms with E-state index in [2.05, 4.69) is 4.98 Å². The molecule has 2 aromatic rings. The number of pyridine rings is 1. The highest BCUT2D eigenvalue weighted by Crippen LogP contribution is 2.28. The zero-order valence-electron chi connectivity index (χ0n) is 8.30. The first kappa shape index (κ1) is 9.92. The van der Waals surface area contributed by atoms with Crippen molar-refractivity contribution in [3.8, 4) is 0 Å². The lowest BCUT2D eigenvalue weighted by molar-refractivity contribution is -0.116. The van der Waals surface area contributed by atoms with Gasteiger partial charge in [0.2, 0.25) is 5.91 Å². The summed E-state index contributed by atoms with van der Waals surface area (Å²) in [6.45, 7) is 0.219. The molecule has 0 aliphatic carbocycles. The van der Waals surface area contributed by atoms with Crippen LogP contribution < -0.4 is 10.6 Å². The van der Waals surface area contributed by atoms with Gasteiger partial charge in [0.25, 0.3) is 0 Å². The minimum Gasteiger partial charge on any atom is -0.368 e. The highest BCUT2D eigenvalue weighted by atomic mass is 32.1. The van der Waals surface area contributed by atoms with Gasteiger partial charge in [-0.25, -0.2) is 0 Å². The number of hydrogen-bond donors (Lipinski definition) is 1. The van der Waals surface area contributed by atoms with E-state index in [9.17, 15) is 4.79 Å². The van der Waals surface area contributed by atoms with E-state index in [1.54, 1.807) is 17.5 Å². The molecule has 0 aromatic carbocycles. The van der Waals surface area contributed by atoms with E-state index in [-0.39, 0.29) is 12.5 Å². The van der Waals surface area contributed by atoms with Crippen LogP contribution in [0.25, 0.3) is 10.2 Å². The first-order valence-corrected chi connectivity index (χ1v) is 5.38. The lowest BCUT2D eigenvalue weighted by Gasteiger charge is -2.17. The first-order chi connectivity index (χ1) is 7.18. The van der Waals surface area contributed by atoms with Gasteiger partial charge in [0.05, 0.1) is 22.4 Å². The highest BCUT2D eigenvalue weighted by Gasteiger charge is 2.09. The van der Waals surface area contributed by atoms with Crippen LogP contribution in [0, 0.1) is 0 Å². The van der Waals surface area contributed by atoms with Crippen LogP contribution in [-0.2, 0) is 4.79 Å². The van der Waals surface area contributed by atoms with Crippen molar-refractivity contribution in [1.29, 1.82) is 0 Å². The summed E-state index contributed by atoms with van der Waals surface area (Å²) in [6, 6.07) is 3.85. The van der Waals surface area contributed by atoms with Gasteiger partial charge in [-0.1, -0.05) is 0 Å². The second kappa shape index (κ2) is 3.86. The van der Waals surface area contributed by atoms with Crippen molar-refractivity contribution >= 4 is 33.1 Å². The van der Waals surface area contributed by atoms with Gasteiger partial charge < -0.3 is 10.6 Å². The molecule has 0 saturated heterocycles. The van der Waals surface area contributed by atoms with Crippen molar-refractivity contribution < 1.29 is 4.79 Å². The third-order valence-electron chi connectivity index (χ3n) is 2.13. The largest absolute Gasteiger partial charge is 0.368 e. The number of anilines is 1. The number of primary amides is 1. The van der Waals surface area contributed by atoms with Gasteiger partial charge in [0.1, 0.15) is 0 Å². The van der Waals surface area contributed by atoms with E-state index < -0.39 is 0 Å². The molecule has 0 bridgehead atoms. The maximum atomic E-state index is 10.8. The average molecular weight is 221 g/mol. The number of amides is 1. The lowest BCUT2D eigenvalue weighted by Crippen LogP contribution is -2.30. The summed E-state index contributed by atoms with van der Waals surface area (Å²) in [5.41, 5.74) is 7.10. The van der Waals surface area contributed by atoms with E-state index in [1.165, 1.54) is 0 Å². The fourth-order valence-electron chi connectivity index (χ4n) is 1.48. The third-order valence-corrected chi connectivity index (χ3v) is 3.05. The molecular weight excluding hydrogens is 210 g/mol. The van der Waals surface area contributed by atoms with Gasteiger partial charge >= 0.3 is 0 Å². The van der Waals surface area contributed by atoms with Gasteiger partial charge in [0.15, 0.2) is 0 Å². The molecule has 2 N–H and O–H groups in total. The Bertz CT molecular complexity index is 494. The number of nitrogens with zero attached hydrogens (tertiary/aromatic N) is 2. The number of nitrogens with two attached hydrogens (primary N) is 1. The van der Waals surface area contributed by atoms with Gasteiger partial charge in [-0.15, -0.1) is 11.3 Å². The number of thiophene rings is 1. The minimum atomic E-state index is -0.334. The van der Waals surface area contributed by atoms with Crippen molar-refractivity contribution in [2.75, 3.05) is 18.5 Å². The minimum absolute atomic E-state index is 0.219. The normalized spacial score (nSPS) is 10.5. The molecule has 0 atom stereocenters. The molecule has 0 saturated carbocycles. The second-order valence-corrected chi connectivity index (χ2v) is 4.20. The van der Waals surface area contributed by atoms with E-state index in [0.29, 0.717) is 0 Å². The molecule has 0 fully saturated rings. The molecule has 15 heavy (non-hydrogen) atoms. The van der Waals surface area contributed by atoms with Crippen LogP contribution >= 0.6 is 11.3 Å². The Morgan fingerprint density at radius 3 is 3.13 bits per heavy atom. The summed E-state index contributed by atoms with van der Waals surface area (Å²) in [6.07, 6.45) is 1.74. The number of fused-ring (bicyclic) bond motifs is 1. The van der Waals surface area contributed by atoms with Crippen molar-refractivity contribution in [2.45, 2.75) is 0 Å². The monoisotopic (exact) mass is 221 g/mol. The second-order valence-electron chi connectivity index (χ2n) is 3.29. The van der Waals surface area contributed by atoms with E-state index >= 15 is 0 Å². The zero-order chi connectivity index (χ0) is 10.8. The van der Waals surface area contributed by atoms with Gasteiger partial charge in [-0.05, 0) is 17.5 Å². The molecule has 0 spiro atoms. The third kappa shape index (κ3) is 1.92. The van der Waals surface area contributed by atoms with Gasteiger partial charge in [0, 0.05) is 13.2 Å².